The Morgan fingerprint density at radius 3 is 2.71 bits per heavy atom. The SMILES string of the molecule is O=C(NCC(c1ccco1)N1CCCCC1)c1c(F)cccc1Cl. The standard InChI is InChI=1S/C18H20ClFN2O2/c19-13-6-4-7-14(20)17(13)18(23)21-12-15(16-8-5-11-24-16)22-9-2-1-3-10-22/h4-8,11,15H,1-3,9-10,12H2,(H,21,23). The smallest absolute Gasteiger partial charge is 0.255 e. The highest BCUT2D eigenvalue weighted by Crippen LogP contribution is 2.25. The molecule has 1 aliphatic rings. The molecule has 6 heteroatoms. The molecule has 1 atom stereocenters. The summed E-state index contributed by atoms with van der Waals surface area (Å²) in [5.41, 5.74) is -0.115. The quantitative estimate of drug-likeness (QED) is 0.885. The third-order valence-corrected chi connectivity index (χ3v) is 4.66. The van der Waals surface area contributed by atoms with Gasteiger partial charge in [0.15, 0.2) is 0 Å². The molecular formula is C18H20ClFN2O2. The van der Waals surface area contributed by atoms with E-state index in [1.807, 2.05) is 12.1 Å². The Hall–Kier alpha value is -1.85. The number of carbonyl (C=O) groups is 1. The Labute approximate surface area is 145 Å². The van der Waals surface area contributed by atoms with Crippen LogP contribution in [0.5, 0.6) is 0 Å². The molecule has 1 amide bonds. The van der Waals surface area contributed by atoms with Crippen molar-refractivity contribution < 1.29 is 13.6 Å². The van der Waals surface area contributed by atoms with Crippen LogP contribution in [-0.4, -0.2) is 30.4 Å². The van der Waals surface area contributed by atoms with Crippen molar-refractivity contribution in [3.05, 3.63) is 58.8 Å². The fourth-order valence-corrected chi connectivity index (χ4v) is 3.36. The molecule has 3 rings (SSSR count). The molecule has 2 aromatic rings. The van der Waals surface area contributed by atoms with E-state index in [2.05, 4.69) is 10.2 Å². The number of nitrogens with one attached hydrogen (secondary N) is 1. The van der Waals surface area contributed by atoms with E-state index in [1.165, 1.54) is 24.6 Å². The molecule has 1 fully saturated rings. The maximum Gasteiger partial charge on any atom is 0.255 e. The van der Waals surface area contributed by atoms with Gasteiger partial charge in [0, 0.05) is 6.54 Å². The Bertz CT molecular complexity index is 664. The van der Waals surface area contributed by atoms with Crippen molar-refractivity contribution in [2.75, 3.05) is 19.6 Å². The number of nitrogens with zero attached hydrogens (tertiary/aromatic N) is 1. The first-order valence-corrected chi connectivity index (χ1v) is 8.54. The van der Waals surface area contributed by atoms with Gasteiger partial charge in [0.2, 0.25) is 0 Å². The average molecular weight is 351 g/mol. The van der Waals surface area contributed by atoms with Crippen LogP contribution in [-0.2, 0) is 0 Å². The number of furan rings is 1. The summed E-state index contributed by atoms with van der Waals surface area (Å²) in [5.74, 6) is -0.323. The average Bonchev–Trinajstić information content (AvgIpc) is 3.10. The molecule has 0 aliphatic carbocycles. The summed E-state index contributed by atoms with van der Waals surface area (Å²) >= 11 is 5.96. The molecular weight excluding hydrogens is 331 g/mol. The van der Waals surface area contributed by atoms with Gasteiger partial charge in [-0.05, 0) is 50.2 Å². The van der Waals surface area contributed by atoms with Gasteiger partial charge < -0.3 is 9.73 Å². The number of piperidine rings is 1. The second-order valence-corrected chi connectivity index (χ2v) is 6.34. The number of likely N-dealkylation sites (tertiary alicyclic amines) is 1. The van der Waals surface area contributed by atoms with E-state index in [9.17, 15) is 9.18 Å². The second-order valence-electron chi connectivity index (χ2n) is 5.93. The van der Waals surface area contributed by atoms with Gasteiger partial charge in [0.1, 0.15) is 11.6 Å². The first-order chi connectivity index (χ1) is 11.7. The highest BCUT2D eigenvalue weighted by Gasteiger charge is 2.26. The summed E-state index contributed by atoms with van der Waals surface area (Å²) in [5, 5.41) is 2.91. The van der Waals surface area contributed by atoms with Gasteiger partial charge in [-0.15, -0.1) is 0 Å². The maximum atomic E-state index is 13.9. The van der Waals surface area contributed by atoms with Gasteiger partial charge in [-0.2, -0.15) is 0 Å². The molecule has 0 bridgehead atoms. The zero-order valence-corrected chi connectivity index (χ0v) is 14.1. The van der Waals surface area contributed by atoms with Crippen LogP contribution in [0.3, 0.4) is 0 Å². The highest BCUT2D eigenvalue weighted by molar-refractivity contribution is 6.33. The van der Waals surface area contributed by atoms with E-state index in [-0.39, 0.29) is 16.6 Å². The molecule has 1 aliphatic heterocycles. The zero-order chi connectivity index (χ0) is 16.9. The summed E-state index contributed by atoms with van der Waals surface area (Å²) < 4.78 is 19.4. The predicted molar refractivity (Wildman–Crippen MR) is 90.6 cm³/mol. The van der Waals surface area contributed by atoms with Crippen molar-refractivity contribution in [3.8, 4) is 0 Å². The molecule has 1 N–H and O–H groups in total. The number of benzene rings is 1. The van der Waals surface area contributed by atoms with Crippen molar-refractivity contribution in [2.45, 2.75) is 25.3 Å². The molecule has 1 saturated heterocycles. The Balaban J connectivity index is 1.72. The van der Waals surface area contributed by atoms with Gasteiger partial charge >= 0.3 is 0 Å². The highest BCUT2D eigenvalue weighted by atomic mass is 35.5. The van der Waals surface area contributed by atoms with Gasteiger partial charge in [-0.1, -0.05) is 24.1 Å². The summed E-state index contributed by atoms with van der Waals surface area (Å²) in [4.78, 5) is 14.7. The monoisotopic (exact) mass is 350 g/mol. The molecule has 0 saturated carbocycles. The van der Waals surface area contributed by atoms with E-state index < -0.39 is 11.7 Å². The van der Waals surface area contributed by atoms with E-state index in [0.29, 0.717) is 6.54 Å². The van der Waals surface area contributed by atoms with Crippen LogP contribution in [0, 0.1) is 5.82 Å². The first-order valence-electron chi connectivity index (χ1n) is 8.16. The topological polar surface area (TPSA) is 45.5 Å². The second kappa shape index (κ2) is 7.81. The third-order valence-electron chi connectivity index (χ3n) is 4.35. The Morgan fingerprint density at radius 2 is 2.04 bits per heavy atom. The number of rotatable bonds is 5. The predicted octanol–water partition coefficient (Wildman–Crippen LogP) is 4.03. The minimum absolute atomic E-state index is 0.0604. The lowest BCUT2D eigenvalue weighted by Crippen LogP contribution is -2.40. The van der Waals surface area contributed by atoms with Gasteiger partial charge in [-0.25, -0.2) is 4.39 Å². The molecule has 1 aromatic heterocycles. The Kier molecular flexibility index (Phi) is 5.53. The molecule has 4 nitrogen and oxygen atoms in total. The van der Waals surface area contributed by atoms with Crippen molar-refractivity contribution in [3.63, 3.8) is 0 Å². The van der Waals surface area contributed by atoms with Crippen molar-refractivity contribution in [1.29, 1.82) is 0 Å². The summed E-state index contributed by atoms with van der Waals surface area (Å²) in [7, 11) is 0. The van der Waals surface area contributed by atoms with Gasteiger partial charge in [0.05, 0.1) is 22.9 Å². The third kappa shape index (κ3) is 3.79. The maximum absolute atomic E-state index is 13.9. The fraction of sp³-hybridized carbons (Fsp3) is 0.389. The number of halogens is 2. The van der Waals surface area contributed by atoms with Gasteiger partial charge in [0.25, 0.3) is 5.91 Å². The van der Waals surface area contributed by atoms with Crippen molar-refractivity contribution in [1.82, 2.24) is 10.2 Å². The minimum Gasteiger partial charge on any atom is -0.468 e. The fourth-order valence-electron chi connectivity index (χ4n) is 3.11. The lowest BCUT2D eigenvalue weighted by molar-refractivity contribution is 0.0910. The van der Waals surface area contributed by atoms with Crippen molar-refractivity contribution in [2.24, 2.45) is 0 Å². The number of hydrogen-bond donors (Lipinski definition) is 1. The number of amides is 1. The lowest BCUT2D eigenvalue weighted by atomic mass is 10.1. The molecule has 2 heterocycles. The van der Waals surface area contributed by atoms with Gasteiger partial charge in [-0.3, -0.25) is 9.69 Å². The van der Waals surface area contributed by atoms with Crippen LogP contribution >= 0.6 is 11.6 Å². The molecule has 0 radical (unpaired) electrons. The van der Waals surface area contributed by atoms with E-state index in [0.717, 1.165) is 31.7 Å². The molecule has 1 aromatic carbocycles. The zero-order valence-electron chi connectivity index (χ0n) is 13.3. The van der Waals surface area contributed by atoms with Crippen LogP contribution in [0.2, 0.25) is 5.02 Å². The summed E-state index contributed by atoms with van der Waals surface area (Å²) in [6, 6.07) is 7.90. The van der Waals surface area contributed by atoms with Crippen LogP contribution in [0.25, 0.3) is 0 Å². The van der Waals surface area contributed by atoms with E-state index in [1.54, 1.807) is 6.26 Å². The lowest BCUT2D eigenvalue weighted by Gasteiger charge is -2.33. The molecule has 24 heavy (non-hydrogen) atoms. The molecule has 1 unspecified atom stereocenters. The van der Waals surface area contributed by atoms with Crippen molar-refractivity contribution >= 4 is 17.5 Å². The normalized spacial score (nSPS) is 16.8. The number of hydrogen-bond acceptors (Lipinski definition) is 3. The summed E-state index contributed by atoms with van der Waals surface area (Å²) in [6.07, 6.45) is 5.11. The van der Waals surface area contributed by atoms with Crippen LogP contribution in [0.1, 0.15) is 41.4 Å². The van der Waals surface area contributed by atoms with E-state index >= 15 is 0 Å². The number of carbonyl (C=O) groups excluding carboxylic acids is 1. The first kappa shape index (κ1) is 17.0. The Morgan fingerprint density at radius 1 is 1.25 bits per heavy atom. The largest absolute Gasteiger partial charge is 0.468 e. The van der Waals surface area contributed by atoms with E-state index in [4.69, 9.17) is 16.0 Å². The van der Waals surface area contributed by atoms with Crippen LogP contribution in [0.15, 0.2) is 41.0 Å². The van der Waals surface area contributed by atoms with Crippen LogP contribution in [0.4, 0.5) is 4.39 Å². The molecule has 128 valence electrons. The molecule has 0 spiro atoms. The summed E-state index contributed by atoms with van der Waals surface area (Å²) in [6.45, 7) is 2.26. The van der Waals surface area contributed by atoms with Crippen LogP contribution < -0.4 is 5.32 Å². The minimum atomic E-state index is -0.618.